The average molecular weight is 375 g/mol. The minimum absolute atomic E-state index is 0.161. The van der Waals surface area contributed by atoms with Gasteiger partial charge in [-0.15, -0.1) is 0 Å². The molecule has 0 unspecified atom stereocenters. The fraction of sp³-hybridized carbons (Fsp3) is 0.300. The lowest BCUT2D eigenvalue weighted by molar-refractivity contribution is 0.160. The zero-order chi connectivity index (χ0) is 18.9. The molecular formula is C20H21N7O. The quantitative estimate of drug-likeness (QED) is 0.569. The van der Waals surface area contributed by atoms with E-state index in [4.69, 9.17) is 9.72 Å². The molecule has 5 rings (SSSR count). The van der Waals surface area contributed by atoms with Crippen LogP contribution in [0.4, 0.5) is 0 Å². The minimum atomic E-state index is 0.161. The van der Waals surface area contributed by atoms with Crippen molar-refractivity contribution in [1.29, 1.82) is 0 Å². The number of rotatable bonds is 4. The summed E-state index contributed by atoms with van der Waals surface area (Å²) in [5, 5.41) is 16.1. The van der Waals surface area contributed by atoms with E-state index < -0.39 is 0 Å². The van der Waals surface area contributed by atoms with E-state index >= 15 is 0 Å². The SMILES string of the molecule is Cn1cc(-c2cc3c(-c4cccc(O[C@@H]5CCCNC5)n4)n[nH]c3cn2)cn1. The summed E-state index contributed by atoms with van der Waals surface area (Å²) in [6, 6.07) is 7.82. The molecule has 0 spiro atoms. The van der Waals surface area contributed by atoms with Gasteiger partial charge in [-0.1, -0.05) is 6.07 Å². The van der Waals surface area contributed by atoms with E-state index in [-0.39, 0.29) is 6.10 Å². The summed E-state index contributed by atoms with van der Waals surface area (Å²) >= 11 is 0. The molecule has 28 heavy (non-hydrogen) atoms. The van der Waals surface area contributed by atoms with Crippen LogP contribution in [0.2, 0.25) is 0 Å². The topological polar surface area (TPSA) is 93.5 Å². The third-order valence-corrected chi connectivity index (χ3v) is 4.95. The molecule has 0 aliphatic carbocycles. The lowest BCUT2D eigenvalue weighted by Crippen LogP contribution is -2.37. The van der Waals surface area contributed by atoms with Crippen molar-refractivity contribution >= 4 is 10.9 Å². The lowest BCUT2D eigenvalue weighted by atomic mass is 10.1. The van der Waals surface area contributed by atoms with Crippen LogP contribution in [0.3, 0.4) is 0 Å². The highest BCUT2D eigenvalue weighted by atomic mass is 16.5. The monoisotopic (exact) mass is 375 g/mol. The summed E-state index contributed by atoms with van der Waals surface area (Å²) in [6.45, 7) is 1.91. The number of H-pyrrole nitrogens is 1. The van der Waals surface area contributed by atoms with Gasteiger partial charge in [0.05, 0.1) is 29.3 Å². The maximum atomic E-state index is 6.07. The summed E-state index contributed by atoms with van der Waals surface area (Å²) in [7, 11) is 1.89. The van der Waals surface area contributed by atoms with Crippen molar-refractivity contribution in [2.45, 2.75) is 18.9 Å². The van der Waals surface area contributed by atoms with Crippen LogP contribution in [0.1, 0.15) is 12.8 Å². The smallest absolute Gasteiger partial charge is 0.214 e. The van der Waals surface area contributed by atoms with Gasteiger partial charge < -0.3 is 10.1 Å². The third kappa shape index (κ3) is 3.22. The third-order valence-electron chi connectivity index (χ3n) is 4.95. The Bertz CT molecular complexity index is 1110. The summed E-state index contributed by atoms with van der Waals surface area (Å²) in [4.78, 5) is 9.21. The van der Waals surface area contributed by atoms with Gasteiger partial charge in [-0.3, -0.25) is 14.8 Å². The van der Waals surface area contributed by atoms with Crippen molar-refractivity contribution in [3.63, 3.8) is 0 Å². The Morgan fingerprint density at radius 3 is 3.00 bits per heavy atom. The molecule has 8 heteroatoms. The van der Waals surface area contributed by atoms with Gasteiger partial charge in [0.1, 0.15) is 11.8 Å². The number of pyridine rings is 2. The Labute approximate surface area is 162 Å². The van der Waals surface area contributed by atoms with Crippen molar-refractivity contribution in [2.75, 3.05) is 13.1 Å². The number of nitrogens with one attached hydrogen (secondary N) is 2. The fourth-order valence-electron chi connectivity index (χ4n) is 3.53. The Balaban J connectivity index is 1.49. The first kappa shape index (κ1) is 16.9. The predicted molar refractivity (Wildman–Crippen MR) is 106 cm³/mol. The van der Waals surface area contributed by atoms with E-state index in [1.807, 2.05) is 37.5 Å². The maximum absolute atomic E-state index is 6.07. The Hall–Kier alpha value is -3.26. The largest absolute Gasteiger partial charge is 0.473 e. The molecule has 0 amide bonds. The number of aromatic amines is 1. The fourth-order valence-corrected chi connectivity index (χ4v) is 3.53. The number of aryl methyl sites for hydroxylation is 1. The highest BCUT2D eigenvalue weighted by molar-refractivity contribution is 5.93. The Morgan fingerprint density at radius 1 is 1.21 bits per heavy atom. The van der Waals surface area contributed by atoms with Crippen LogP contribution in [0.15, 0.2) is 42.9 Å². The normalized spacial score (nSPS) is 17.1. The first-order chi connectivity index (χ1) is 13.8. The van der Waals surface area contributed by atoms with Crippen LogP contribution >= 0.6 is 0 Å². The van der Waals surface area contributed by atoms with Gasteiger partial charge in [0.2, 0.25) is 5.88 Å². The first-order valence-corrected chi connectivity index (χ1v) is 9.44. The number of aromatic nitrogens is 6. The van der Waals surface area contributed by atoms with Gasteiger partial charge >= 0.3 is 0 Å². The molecule has 1 fully saturated rings. The van der Waals surface area contributed by atoms with E-state index in [1.165, 1.54) is 0 Å². The molecule has 2 N–H and O–H groups in total. The zero-order valence-corrected chi connectivity index (χ0v) is 15.6. The van der Waals surface area contributed by atoms with Crippen LogP contribution in [0, 0.1) is 0 Å². The minimum Gasteiger partial charge on any atom is -0.473 e. The van der Waals surface area contributed by atoms with Crippen molar-refractivity contribution in [2.24, 2.45) is 7.05 Å². The predicted octanol–water partition coefficient (Wildman–Crippen LogP) is 2.55. The van der Waals surface area contributed by atoms with E-state index in [9.17, 15) is 0 Å². The van der Waals surface area contributed by atoms with Gasteiger partial charge in [0.25, 0.3) is 0 Å². The van der Waals surface area contributed by atoms with E-state index in [1.54, 1.807) is 17.1 Å². The molecule has 142 valence electrons. The van der Waals surface area contributed by atoms with Gasteiger partial charge in [-0.25, -0.2) is 4.98 Å². The number of nitrogens with zero attached hydrogens (tertiary/aromatic N) is 5. The number of fused-ring (bicyclic) bond motifs is 1. The second-order valence-electron chi connectivity index (χ2n) is 7.04. The van der Waals surface area contributed by atoms with Gasteiger partial charge in [0, 0.05) is 36.8 Å². The van der Waals surface area contributed by atoms with Crippen LogP contribution < -0.4 is 10.1 Å². The Kier molecular flexibility index (Phi) is 4.25. The molecule has 8 nitrogen and oxygen atoms in total. The summed E-state index contributed by atoms with van der Waals surface area (Å²) in [5.41, 5.74) is 4.24. The standard InChI is InChI=1S/C20H21N7O/c1-27-12-13(9-23-27)17-8-15-18(11-22-17)25-26-20(15)16-5-2-6-19(24-16)28-14-4-3-7-21-10-14/h2,5-6,8-9,11-12,14,21H,3-4,7,10H2,1H3,(H,25,26)/t14-/m1/s1. The van der Waals surface area contributed by atoms with Gasteiger partial charge in [0.15, 0.2) is 0 Å². The second-order valence-corrected chi connectivity index (χ2v) is 7.04. The molecule has 0 saturated carbocycles. The summed E-state index contributed by atoms with van der Waals surface area (Å²) in [6.07, 6.45) is 7.87. The van der Waals surface area contributed by atoms with E-state index in [2.05, 4.69) is 25.6 Å². The molecule has 1 atom stereocenters. The zero-order valence-electron chi connectivity index (χ0n) is 15.6. The number of hydrogen-bond acceptors (Lipinski definition) is 6. The van der Waals surface area contributed by atoms with E-state index in [0.29, 0.717) is 5.88 Å². The summed E-state index contributed by atoms with van der Waals surface area (Å²) < 4.78 is 7.83. The summed E-state index contributed by atoms with van der Waals surface area (Å²) in [5.74, 6) is 0.629. The first-order valence-electron chi connectivity index (χ1n) is 9.44. The molecule has 1 aliphatic heterocycles. The maximum Gasteiger partial charge on any atom is 0.214 e. The highest BCUT2D eigenvalue weighted by Gasteiger charge is 2.17. The molecule has 5 heterocycles. The average Bonchev–Trinajstić information content (AvgIpc) is 3.35. The molecule has 1 aliphatic rings. The van der Waals surface area contributed by atoms with E-state index in [0.717, 1.165) is 59.5 Å². The van der Waals surface area contributed by atoms with Crippen molar-refractivity contribution in [3.05, 3.63) is 42.9 Å². The van der Waals surface area contributed by atoms with Gasteiger partial charge in [-0.2, -0.15) is 10.2 Å². The molecule has 0 aromatic carbocycles. The highest BCUT2D eigenvalue weighted by Crippen LogP contribution is 2.29. The second kappa shape index (κ2) is 7.05. The molecule has 4 aromatic heterocycles. The molecule has 0 radical (unpaired) electrons. The number of piperidine rings is 1. The number of ether oxygens (including phenoxy) is 1. The Morgan fingerprint density at radius 2 is 2.18 bits per heavy atom. The lowest BCUT2D eigenvalue weighted by Gasteiger charge is -2.23. The van der Waals surface area contributed by atoms with Crippen LogP contribution in [-0.2, 0) is 7.05 Å². The van der Waals surface area contributed by atoms with Crippen molar-refractivity contribution in [1.82, 2.24) is 35.3 Å². The van der Waals surface area contributed by atoms with Crippen LogP contribution in [0.25, 0.3) is 33.5 Å². The van der Waals surface area contributed by atoms with Crippen LogP contribution in [0.5, 0.6) is 5.88 Å². The van der Waals surface area contributed by atoms with Crippen molar-refractivity contribution in [3.8, 4) is 28.5 Å². The van der Waals surface area contributed by atoms with Crippen LogP contribution in [-0.4, -0.2) is 49.1 Å². The molecule has 1 saturated heterocycles. The molecule has 0 bridgehead atoms. The number of hydrogen-bond donors (Lipinski definition) is 2. The van der Waals surface area contributed by atoms with Crippen molar-refractivity contribution < 1.29 is 4.74 Å². The van der Waals surface area contributed by atoms with Gasteiger partial charge in [-0.05, 0) is 31.5 Å². The molecular weight excluding hydrogens is 354 g/mol. The molecule has 4 aromatic rings.